The van der Waals surface area contributed by atoms with Crippen LogP contribution in [-0.4, -0.2) is 60.6 Å². The van der Waals surface area contributed by atoms with Crippen LogP contribution in [0.5, 0.6) is 0 Å². The number of likely N-dealkylation sites (tertiary alicyclic amines) is 1. The van der Waals surface area contributed by atoms with Crippen LogP contribution >= 0.6 is 0 Å². The number of rotatable bonds is 5. The van der Waals surface area contributed by atoms with Gasteiger partial charge in [-0.15, -0.1) is 0 Å². The molecule has 1 N–H and O–H groups in total. The number of nitrogens with zero attached hydrogens (tertiary/aromatic N) is 4. The Bertz CT molecular complexity index is 1410. The summed E-state index contributed by atoms with van der Waals surface area (Å²) in [6.45, 7) is 4.04. The van der Waals surface area contributed by atoms with Crippen molar-refractivity contribution in [3.8, 4) is 0 Å². The third-order valence-corrected chi connectivity index (χ3v) is 12.7. The zero-order valence-electron chi connectivity index (χ0n) is 23.1. The zero-order valence-corrected chi connectivity index (χ0v) is 23.9. The lowest BCUT2D eigenvalue weighted by Gasteiger charge is -2.51. The van der Waals surface area contributed by atoms with E-state index in [-0.39, 0.29) is 22.6 Å². The van der Waals surface area contributed by atoms with Crippen molar-refractivity contribution >= 4 is 33.2 Å². The normalized spacial score (nSPS) is 24.7. The van der Waals surface area contributed by atoms with Gasteiger partial charge in [-0.1, -0.05) is 19.3 Å². The fourth-order valence-electron chi connectivity index (χ4n) is 7.80. The van der Waals surface area contributed by atoms with E-state index in [9.17, 15) is 13.2 Å². The quantitative estimate of drug-likeness (QED) is 0.568. The van der Waals surface area contributed by atoms with Crippen LogP contribution in [0, 0.1) is 12.3 Å². The molecule has 2 spiro atoms. The molecule has 5 aliphatic rings. The summed E-state index contributed by atoms with van der Waals surface area (Å²) in [6, 6.07) is 5.55. The number of carbonyl (C=O) groups is 1. The summed E-state index contributed by atoms with van der Waals surface area (Å²) < 4.78 is 26.9. The van der Waals surface area contributed by atoms with E-state index >= 15 is 0 Å². The van der Waals surface area contributed by atoms with Crippen LogP contribution in [0.2, 0.25) is 0 Å². The highest BCUT2D eigenvalue weighted by molar-refractivity contribution is 7.92. The Balaban J connectivity index is 1.10. The number of benzene rings is 1. The average molecular weight is 550 g/mol. The topological polar surface area (TPSA) is 95.5 Å². The van der Waals surface area contributed by atoms with Crippen LogP contribution in [-0.2, 0) is 20.0 Å². The third kappa shape index (κ3) is 3.94. The molecule has 0 radical (unpaired) electrons. The van der Waals surface area contributed by atoms with Crippen molar-refractivity contribution in [2.24, 2.45) is 5.41 Å². The van der Waals surface area contributed by atoms with Crippen LogP contribution in [0.4, 0.5) is 17.5 Å². The highest BCUT2D eigenvalue weighted by atomic mass is 32.2. The number of amides is 1. The molecule has 0 unspecified atom stereocenters. The van der Waals surface area contributed by atoms with Gasteiger partial charge in [0, 0.05) is 23.5 Å². The van der Waals surface area contributed by atoms with Crippen molar-refractivity contribution in [3.05, 3.63) is 35.5 Å². The molecule has 0 bridgehead atoms. The van der Waals surface area contributed by atoms with E-state index in [4.69, 9.17) is 4.98 Å². The van der Waals surface area contributed by atoms with Crippen LogP contribution in [0.15, 0.2) is 29.3 Å². The van der Waals surface area contributed by atoms with Gasteiger partial charge in [0.05, 0.1) is 15.6 Å². The number of aryl methyl sites for hydroxylation is 1. The molecule has 8 nitrogen and oxygen atoms in total. The molecule has 1 amide bonds. The molecular formula is C30H39N5O3S. The maximum Gasteiger partial charge on any atom is 0.239 e. The molecule has 3 heterocycles. The number of piperidine rings is 1. The second-order valence-corrected chi connectivity index (χ2v) is 15.2. The SMILES string of the molecule is Cc1cc(S(=O)(=O)C2CC3(CCN(C)CC3)C2)ccc1Nc1ncc2c(n1)N(C1CCCC1)C(=O)C21CCC1. The van der Waals surface area contributed by atoms with E-state index < -0.39 is 15.3 Å². The van der Waals surface area contributed by atoms with Crippen molar-refractivity contribution in [3.63, 3.8) is 0 Å². The van der Waals surface area contributed by atoms with Gasteiger partial charge in [-0.25, -0.2) is 13.4 Å². The number of hydrogen-bond acceptors (Lipinski definition) is 7. The summed E-state index contributed by atoms with van der Waals surface area (Å²) in [5, 5.41) is 3.04. The van der Waals surface area contributed by atoms with Crippen molar-refractivity contribution in [1.29, 1.82) is 0 Å². The van der Waals surface area contributed by atoms with Gasteiger partial charge < -0.3 is 10.2 Å². The highest BCUT2D eigenvalue weighted by Crippen LogP contribution is 2.55. The number of sulfone groups is 1. The van der Waals surface area contributed by atoms with E-state index in [1.807, 2.05) is 24.1 Å². The number of anilines is 3. The first-order chi connectivity index (χ1) is 18.7. The van der Waals surface area contributed by atoms with Crippen LogP contribution < -0.4 is 10.2 Å². The minimum absolute atomic E-state index is 0.214. The fraction of sp³-hybridized carbons (Fsp3) is 0.633. The summed E-state index contributed by atoms with van der Waals surface area (Å²) in [6.07, 6.45) is 12.8. The Labute approximate surface area is 231 Å². The number of carbonyl (C=O) groups excluding carboxylic acids is 1. The number of nitrogens with one attached hydrogen (secondary N) is 1. The minimum Gasteiger partial charge on any atom is -0.324 e. The van der Waals surface area contributed by atoms with Gasteiger partial charge >= 0.3 is 0 Å². The predicted molar refractivity (Wildman–Crippen MR) is 151 cm³/mol. The van der Waals surface area contributed by atoms with E-state index in [0.29, 0.717) is 10.8 Å². The molecule has 1 aromatic carbocycles. The maximum absolute atomic E-state index is 13.6. The second kappa shape index (κ2) is 8.99. The van der Waals surface area contributed by atoms with Gasteiger partial charge in [0.2, 0.25) is 11.9 Å². The Morgan fingerprint density at radius 3 is 2.38 bits per heavy atom. The van der Waals surface area contributed by atoms with Crippen LogP contribution in [0.1, 0.15) is 81.8 Å². The van der Waals surface area contributed by atoms with Gasteiger partial charge in [0.1, 0.15) is 5.82 Å². The molecule has 9 heteroatoms. The molecule has 3 saturated carbocycles. The summed E-state index contributed by atoms with van der Waals surface area (Å²) in [5.41, 5.74) is 2.41. The summed E-state index contributed by atoms with van der Waals surface area (Å²) in [4.78, 5) is 27.8. The van der Waals surface area contributed by atoms with Crippen LogP contribution in [0.3, 0.4) is 0 Å². The van der Waals surface area contributed by atoms with Crippen molar-refractivity contribution < 1.29 is 13.2 Å². The van der Waals surface area contributed by atoms with Crippen molar-refractivity contribution in [1.82, 2.24) is 14.9 Å². The standard InChI is InChI=1S/C30H39N5O3S/c1-20-16-22(39(37,38)23-17-29(18-23)12-14-34(2)15-13-29)8-9-25(20)32-28-31-19-24-26(33-28)35(21-6-3-4-7-21)27(36)30(24)10-5-11-30/h8-9,16,19,21,23H,3-7,10-15,17-18H2,1-2H3,(H,31,32,33). The second-order valence-electron chi connectivity index (χ2n) is 13.0. The summed E-state index contributed by atoms with van der Waals surface area (Å²) in [5.74, 6) is 1.43. The molecule has 39 heavy (non-hydrogen) atoms. The number of hydrogen-bond donors (Lipinski definition) is 1. The van der Waals surface area contributed by atoms with Gasteiger partial charge in [-0.3, -0.25) is 9.69 Å². The van der Waals surface area contributed by atoms with Gasteiger partial charge in [-0.05, 0) is 108 Å². The molecule has 1 aromatic heterocycles. The Morgan fingerprint density at radius 1 is 1.03 bits per heavy atom. The number of fused-ring (bicyclic) bond motifs is 2. The molecule has 2 aliphatic heterocycles. The zero-order chi connectivity index (χ0) is 27.0. The monoisotopic (exact) mass is 549 g/mol. The summed E-state index contributed by atoms with van der Waals surface area (Å²) in [7, 11) is -1.22. The third-order valence-electron chi connectivity index (χ3n) is 10.6. The van der Waals surface area contributed by atoms with Gasteiger partial charge in [0.25, 0.3) is 0 Å². The fourth-order valence-corrected chi connectivity index (χ4v) is 9.93. The predicted octanol–water partition coefficient (Wildman–Crippen LogP) is 4.89. The van der Waals surface area contributed by atoms with Gasteiger partial charge in [0.15, 0.2) is 9.84 Å². The molecule has 7 rings (SSSR count). The first-order valence-electron chi connectivity index (χ1n) is 14.7. The molecule has 2 aromatic rings. The van der Waals surface area contributed by atoms with Gasteiger partial charge in [-0.2, -0.15) is 4.98 Å². The molecule has 4 fully saturated rings. The average Bonchev–Trinajstić information content (AvgIpc) is 3.47. The first kappa shape index (κ1) is 25.4. The maximum atomic E-state index is 13.6. The molecule has 0 atom stereocenters. The lowest BCUT2D eigenvalue weighted by Crippen LogP contribution is -2.50. The summed E-state index contributed by atoms with van der Waals surface area (Å²) >= 11 is 0. The lowest BCUT2D eigenvalue weighted by atomic mass is 9.63. The number of aromatic nitrogens is 2. The van der Waals surface area contributed by atoms with E-state index in [1.54, 1.807) is 12.1 Å². The molecular weight excluding hydrogens is 510 g/mol. The Morgan fingerprint density at radius 2 is 1.74 bits per heavy atom. The van der Waals surface area contributed by atoms with Crippen molar-refractivity contribution in [2.45, 2.75) is 99.2 Å². The van der Waals surface area contributed by atoms with E-state index in [0.717, 1.165) is 106 Å². The largest absolute Gasteiger partial charge is 0.324 e. The smallest absolute Gasteiger partial charge is 0.239 e. The molecule has 1 saturated heterocycles. The molecule has 208 valence electrons. The van der Waals surface area contributed by atoms with E-state index in [2.05, 4.69) is 22.2 Å². The molecule has 3 aliphatic carbocycles. The van der Waals surface area contributed by atoms with Crippen LogP contribution in [0.25, 0.3) is 0 Å². The first-order valence-corrected chi connectivity index (χ1v) is 16.3. The lowest BCUT2D eigenvalue weighted by molar-refractivity contribution is -0.126. The highest BCUT2D eigenvalue weighted by Gasteiger charge is 2.57. The Hall–Kier alpha value is -2.52. The van der Waals surface area contributed by atoms with Crippen molar-refractivity contribution in [2.75, 3.05) is 30.4 Å². The minimum atomic E-state index is -3.36. The Kier molecular flexibility index (Phi) is 5.87. The van der Waals surface area contributed by atoms with E-state index in [1.165, 1.54) is 0 Å².